The summed E-state index contributed by atoms with van der Waals surface area (Å²) in [7, 11) is 0. The zero-order chi connectivity index (χ0) is 26.4. The molecule has 4 amide bonds. The van der Waals surface area contributed by atoms with E-state index in [1.807, 2.05) is 24.3 Å². The van der Waals surface area contributed by atoms with E-state index < -0.39 is 53.8 Å². The number of aromatic nitrogens is 1. The van der Waals surface area contributed by atoms with Crippen molar-refractivity contribution in [3.8, 4) is 0 Å². The summed E-state index contributed by atoms with van der Waals surface area (Å²) in [6.07, 6.45) is 2.65. The second-order valence-corrected chi connectivity index (χ2v) is 8.99. The lowest BCUT2D eigenvalue weighted by Crippen LogP contribution is -2.56. The third-order valence-corrected chi connectivity index (χ3v) is 6.31. The van der Waals surface area contributed by atoms with E-state index >= 15 is 0 Å². The summed E-state index contributed by atoms with van der Waals surface area (Å²) in [5.74, 6) is -3.56. The Hall–Kier alpha value is -3.93. The van der Waals surface area contributed by atoms with E-state index in [2.05, 4.69) is 15.6 Å². The van der Waals surface area contributed by atoms with Gasteiger partial charge >= 0.3 is 5.97 Å². The van der Waals surface area contributed by atoms with Crippen LogP contribution in [-0.4, -0.2) is 75.3 Å². The lowest BCUT2D eigenvalue weighted by atomic mass is 10.0. The number of carbonyl (C=O) groups excluding carboxylic acids is 4. The van der Waals surface area contributed by atoms with Crippen LogP contribution in [-0.2, 0) is 30.4 Å². The predicted molar refractivity (Wildman–Crippen MR) is 130 cm³/mol. The fraction of sp³-hybridized carbons (Fsp3) is 0.458. The van der Waals surface area contributed by atoms with Crippen molar-refractivity contribution in [2.45, 2.75) is 63.2 Å². The molecular formula is C24H32N6O6. The van der Waals surface area contributed by atoms with Gasteiger partial charge in [0.05, 0.1) is 6.04 Å². The van der Waals surface area contributed by atoms with Gasteiger partial charge in [-0.1, -0.05) is 18.2 Å². The number of fused-ring (bicyclic) bond motifs is 1. The van der Waals surface area contributed by atoms with Crippen molar-refractivity contribution in [3.05, 3.63) is 36.0 Å². The average Bonchev–Trinajstić information content (AvgIpc) is 3.48. The number of likely N-dealkylation sites (tertiary alicyclic amines) is 1. The van der Waals surface area contributed by atoms with Crippen LogP contribution in [0, 0.1) is 0 Å². The second-order valence-electron chi connectivity index (χ2n) is 8.99. The van der Waals surface area contributed by atoms with Crippen molar-refractivity contribution in [1.82, 2.24) is 20.5 Å². The minimum Gasteiger partial charge on any atom is -0.480 e. The number of rotatable bonds is 11. The van der Waals surface area contributed by atoms with Gasteiger partial charge in [-0.3, -0.25) is 24.0 Å². The van der Waals surface area contributed by atoms with Crippen LogP contribution in [0.15, 0.2) is 30.5 Å². The van der Waals surface area contributed by atoms with Crippen LogP contribution in [0.1, 0.15) is 38.2 Å². The third kappa shape index (κ3) is 6.39. The summed E-state index contributed by atoms with van der Waals surface area (Å²) in [5, 5.41) is 15.0. The number of aliphatic carboxylic acids is 1. The Balaban J connectivity index is 1.70. The average molecular weight is 501 g/mol. The molecule has 0 bridgehead atoms. The molecule has 36 heavy (non-hydrogen) atoms. The number of carboxylic acids is 1. The standard InChI is InChI=1S/C24H32N6O6/c1-13(24(35)36)28-22(33)19-7-4-10-30(19)23(34)18(8-9-20(26)31)29-21(32)16(25)11-14-12-27-17-6-3-2-5-15(14)17/h2-3,5-6,12-13,16,18-19,27H,4,7-11,25H2,1H3,(H2,26,31)(H,28,33)(H,29,32)(H,35,36). The van der Waals surface area contributed by atoms with E-state index in [-0.39, 0.29) is 25.8 Å². The minimum atomic E-state index is -1.20. The molecule has 1 aliphatic heterocycles. The normalized spacial score (nSPS) is 17.8. The Morgan fingerprint density at radius 1 is 1.19 bits per heavy atom. The maximum Gasteiger partial charge on any atom is 0.325 e. The number of para-hydroxylation sites is 1. The van der Waals surface area contributed by atoms with Crippen LogP contribution in [0.5, 0.6) is 0 Å². The first kappa shape index (κ1) is 26.7. The van der Waals surface area contributed by atoms with E-state index in [0.29, 0.717) is 12.8 Å². The zero-order valence-electron chi connectivity index (χ0n) is 20.0. The minimum absolute atomic E-state index is 0.0594. The number of H-pyrrole nitrogens is 1. The number of amides is 4. The largest absolute Gasteiger partial charge is 0.480 e. The van der Waals surface area contributed by atoms with Crippen LogP contribution in [0.25, 0.3) is 10.9 Å². The third-order valence-electron chi connectivity index (χ3n) is 6.31. The van der Waals surface area contributed by atoms with Gasteiger partial charge in [0, 0.05) is 30.1 Å². The molecule has 1 aliphatic rings. The molecular weight excluding hydrogens is 468 g/mol. The summed E-state index contributed by atoms with van der Waals surface area (Å²) in [6, 6.07) is 3.49. The molecule has 8 N–H and O–H groups in total. The van der Waals surface area contributed by atoms with Crippen molar-refractivity contribution < 1.29 is 29.1 Å². The van der Waals surface area contributed by atoms with Crippen LogP contribution in [0.3, 0.4) is 0 Å². The molecule has 0 aliphatic carbocycles. The fourth-order valence-electron chi connectivity index (χ4n) is 4.33. The lowest BCUT2D eigenvalue weighted by molar-refractivity contribution is -0.144. The van der Waals surface area contributed by atoms with Crippen LogP contribution < -0.4 is 22.1 Å². The van der Waals surface area contributed by atoms with E-state index in [4.69, 9.17) is 16.6 Å². The molecule has 2 aromatic rings. The quantitative estimate of drug-likeness (QED) is 0.236. The molecule has 3 rings (SSSR count). The predicted octanol–water partition coefficient (Wildman–Crippen LogP) is -0.632. The maximum atomic E-state index is 13.4. The number of nitrogens with one attached hydrogen (secondary N) is 3. The molecule has 0 spiro atoms. The van der Waals surface area contributed by atoms with E-state index in [0.717, 1.165) is 16.5 Å². The van der Waals surface area contributed by atoms with E-state index in [1.165, 1.54) is 11.8 Å². The van der Waals surface area contributed by atoms with Gasteiger partial charge < -0.3 is 37.1 Å². The number of benzene rings is 1. The number of nitrogens with zero attached hydrogens (tertiary/aromatic N) is 1. The molecule has 1 fully saturated rings. The number of primary amides is 1. The van der Waals surface area contributed by atoms with Gasteiger partial charge in [-0.25, -0.2) is 0 Å². The lowest BCUT2D eigenvalue weighted by Gasteiger charge is -2.29. The number of carbonyl (C=O) groups is 5. The monoisotopic (exact) mass is 500 g/mol. The number of hydrogen-bond acceptors (Lipinski definition) is 6. The van der Waals surface area contributed by atoms with Gasteiger partial charge in [-0.05, 0) is 44.2 Å². The Morgan fingerprint density at radius 2 is 1.92 bits per heavy atom. The number of aromatic amines is 1. The highest BCUT2D eigenvalue weighted by Crippen LogP contribution is 2.21. The molecule has 1 aromatic carbocycles. The number of hydrogen-bond donors (Lipinski definition) is 6. The topological polar surface area (TPSA) is 201 Å². The second kappa shape index (κ2) is 11.7. The van der Waals surface area contributed by atoms with Gasteiger partial charge in [-0.15, -0.1) is 0 Å². The maximum absolute atomic E-state index is 13.4. The Morgan fingerprint density at radius 3 is 2.61 bits per heavy atom. The van der Waals surface area contributed by atoms with Crippen molar-refractivity contribution in [2.24, 2.45) is 11.5 Å². The number of nitrogens with two attached hydrogens (primary N) is 2. The fourth-order valence-corrected chi connectivity index (χ4v) is 4.33. The van der Waals surface area contributed by atoms with Gasteiger partial charge in [0.2, 0.25) is 23.6 Å². The molecule has 12 nitrogen and oxygen atoms in total. The van der Waals surface area contributed by atoms with Crippen LogP contribution >= 0.6 is 0 Å². The summed E-state index contributed by atoms with van der Waals surface area (Å²) < 4.78 is 0. The molecule has 12 heteroatoms. The Kier molecular flexibility index (Phi) is 8.64. The van der Waals surface area contributed by atoms with Gasteiger partial charge in [0.15, 0.2) is 0 Å². The Labute approximate surface area is 207 Å². The van der Waals surface area contributed by atoms with Crippen LogP contribution in [0.2, 0.25) is 0 Å². The molecule has 0 radical (unpaired) electrons. The SMILES string of the molecule is CC(NC(=O)C1CCCN1C(=O)C(CCC(N)=O)NC(=O)C(N)Cc1c[nH]c2ccccc12)C(=O)O. The summed E-state index contributed by atoms with van der Waals surface area (Å²) >= 11 is 0. The number of carboxylic acid groups (broad SMARTS) is 1. The van der Waals surface area contributed by atoms with E-state index in [9.17, 15) is 24.0 Å². The molecule has 1 aromatic heterocycles. The van der Waals surface area contributed by atoms with Crippen molar-refractivity contribution in [2.75, 3.05) is 6.54 Å². The molecule has 4 atom stereocenters. The molecule has 4 unspecified atom stereocenters. The van der Waals surface area contributed by atoms with Crippen molar-refractivity contribution >= 4 is 40.5 Å². The molecule has 2 heterocycles. The first-order valence-electron chi connectivity index (χ1n) is 11.8. The molecule has 194 valence electrons. The van der Waals surface area contributed by atoms with Crippen LogP contribution in [0.4, 0.5) is 0 Å². The van der Waals surface area contributed by atoms with Gasteiger partial charge in [-0.2, -0.15) is 0 Å². The van der Waals surface area contributed by atoms with Crippen molar-refractivity contribution in [3.63, 3.8) is 0 Å². The highest BCUT2D eigenvalue weighted by atomic mass is 16.4. The summed E-state index contributed by atoms with van der Waals surface area (Å²) in [5.41, 5.74) is 13.2. The summed E-state index contributed by atoms with van der Waals surface area (Å²) in [6.45, 7) is 1.58. The molecule has 1 saturated heterocycles. The van der Waals surface area contributed by atoms with E-state index in [1.54, 1.807) is 6.20 Å². The smallest absolute Gasteiger partial charge is 0.325 e. The highest BCUT2D eigenvalue weighted by Gasteiger charge is 2.38. The Bertz CT molecular complexity index is 1150. The molecule has 0 saturated carbocycles. The van der Waals surface area contributed by atoms with Gasteiger partial charge in [0.1, 0.15) is 18.1 Å². The van der Waals surface area contributed by atoms with Crippen molar-refractivity contribution in [1.29, 1.82) is 0 Å². The summed E-state index contributed by atoms with van der Waals surface area (Å²) in [4.78, 5) is 65.8. The first-order chi connectivity index (χ1) is 17.1. The zero-order valence-corrected chi connectivity index (χ0v) is 20.0. The highest BCUT2D eigenvalue weighted by molar-refractivity contribution is 5.95. The van der Waals surface area contributed by atoms with Gasteiger partial charge in [0.25, 0.3) is 0 Å². The first-order valence-corrected chi connectivity index (χ1v) is 11.8.